The lowest BCUT2D eigenvalue weighted by Crippen LogP contribution is -2.48. The largest absolute Gasteiger partial charge is 0.381 e. The third kappa shape index (κ3) is 1.18. The van der Waals surface area contributed by atoms with Crippen LogP contribution in [0.3, 0.4) is 0 Å². The van der Waals surface area contributed by atoms with E-state index < -0.39 is 0 Å². The van der Waals surface area contributed by atoms with Crippen molar-refractivity contribution < 1.29 is 4.74 Å². The Bertz CT molecular complexity index is 140. The predicted molar refractivity (Wildman–Crippen MR) is 44.6 cm³/mol. The van der Waals surface area contributed by atoms with Gasteiger partial charge in [0.1, 0.15) is 0 Å². The molecule has 2 saturated heterocycles. The summed E-state index contributed by atoms with van der Waals surface area (Å²) in [5.74, 6) is 0.853. The number of hydrogen-bond acceptors (Lipinski definition) is 2. The fraction of sp³-hybridized carbons (Fsp3) is 1.00. The van der Waals surface area contributed by atoms with Gasteiger partial charge in [-0.25, -0.2) is 0 Å². The predicted octanol–water partition coefficient (Wildman–Crippen LogP) is 1.17. The first kappa shape index (κ1) is 7.56. The van der Waals surface area contributed by atoms with Crippen LogP contribution in [0.25, 0.3) is 0 Å². The lowest BCUT2D eigenvalue weighted by molar-refractivity contribution is 0.0310. The van der Waals surface area contributed by atoms with Gasteiger partial charge in [0, 0.05) is 18.8 Å². The summed E-state index contributed by atoms with van der Waals surface area (Å²) in [6.07, 6.45) is 3.78. The molecule has 2 fully saturated rings. The maximum Gasteiger partial charge on any atom is 0.0483 e. The summed E-state index contributed by atoms with van der Waals surface area (Å²) in [6, 6.07) is 0. The number of hydrogen-bond donors (Lipinski definition) is 1. The lowest BCUT2D eigenvalue weighted by Gasteiger charge is -2.37. The van der Waals surface area contributed by atoms with Gasteiger partial charge < -0.3 is 10.1 Å². The Morgan fingerprint density at radius 1 is 1.36 bits per heavy atom. The Kier molecular flexibility index (Phi) is 1.90. The standard InChI is InChI=1S/C9H17NO/c1-8-2-5-10-9(8)3-6-11-7-4-9/h8,10H,2-7H2,1H3. The van der Waals surface area contributed by atoms with E-state index in [1.165, 1.54) is 25.8 Å². The Balaban J connectivity index is 2.06. The molecule has 0 aromatic carbocycles. The minimum Gasteiger partial charge on any atom is -0.381 e. The summed E-state index contributed by atoms with van der Waals surface area (Å²) in [6.45, 7) is 5.49. The van der Waals surface area contributed by atoms with Gasteiger partial charge in [-0.1, -0.05) is 6.92 Å². The van der Waals surface area contributed by atoms with Crippen LogP contribution in [0.2, 0.25) is 0 Å². The zero-order chi connectivity index (χ0) is 7.73. The quantitative estimate of drug-likeness (QED) is 0.567. The molecule has 64 valence electrons. The van der Waals surface area contributed by atoms with Crippen molar-refractivity contribution in [3.8, 4) is 0 Å². The van der Waals surface area contributed by atoms with Crippen LogP contribution >= 0.6 is 0 Å². The molecular weight excluding hydrogens is 138 g/mol. The van der Waals surface area contributed by atoms with E-state index in [0.717, 1.165) is 19.1 Å². The van der Waals surface area contributed by atoms with Crippen molar-refractivity contribution in [1.82, 2.24) is 5.32 Å². The number of nitrogens with one attached hydrogen (secondary N) is 1. The van der Waals surface area contributed by atoms with E-state index in [-0.39, 0.29) is 0 Å². The Labute approximate surface area is 68.3 Å². The highest BCUT2D eigenvalue weighted by molar-refractivity contribution is 4.98. The minimum absolute atomic E-state index is 0.457. The molecular formula is C9H17NO. The Morgan fingerprint density at radius 3 is 2.64 bits per heavy atom. The van der Waals surface area contributed by atoms with Crippen molar-refractivity contribution in [3.63, 3.8) is 0 Å². The molecule has 1 atom stereocenters. The van der Waals surface area contributed by atoms with E-state index in [2.05, 4.69) is 12.2 Å². The second kappa shape index (κ2) is 2.76. The van der Waals surface area contributed by atoms with Crippen molar-refractivity contribution in [1.29, 1.82) is 0 Å². The molecule has 2 heterocycles. The van der Waals surface area contributed by atoms with Gasteiger partial charge in [-0.05, 0) is 31.7 Å². The first-order chi connectivity index (χ1) is 5.33. The third-order valence-corrected chi connectivity index (χ3v) is 3.38. The van der Waals surface area contributed by atoms with Crippen molar-refractivity contribution in [2.24, 2.45) is 5.92 Å². The normalized spacial score (nSPS) is 36.3. The van der Waals surface area contributed by atoms with Crippen molar-refractivity contribution >= 4 is 0 Å². The van der Waals surface area contributed by atoms with E-state index in [4.69, 9.17) is 4.74 Å². The number of rotatable bonds is 0. The van der Waals surface area contributed by atoms with Gasteiger partial charge in [-0.15, -0.1) is 0 Å². The summed E-state index contributed by atoms with van der Waals surface area (Å²) in [4.78, 5) is 0. The molecule has 0 amide bonds. The molecule has 11 heavy (non-hydrogen) atoms. The van der Waals surface area contributed by atoms with Crippen LogP contribution in [0, 0.1) is 5.92 Å². The van der Waals surface area contributed by atoms with Crippen molar-refractivity contribution in [2.45, 2.75) is 31.7 Å². The first-order valence-electron chi connectivity index (χ1n) is 4.66. The maximum atomic E-state index is 5.36. The molecule has 0 aromatic heterocycles. The average Bonchev–Trinajstić information content (AvgIpc) is 2.36. The minimum atomic E-state index is 0.457. The van der Waals surface area contributed by atoms with Crippen LogP contribution in [0.1, 0.15) is 26.2 Å². The average molecular weight is 155 g/mol. The van der Waals surface area contributed by atoms with Crippen LogP contribution in [-0.2, 0) is 4.74 Å². The molecule has 2 rings (SSSR count). The zero-order valence-corrected chi connectivity index (χ0v) is 7.23. The summed E-state index contributed by atoms with van der Waals surface area (Å²) >= 11 is 0. The van der Waals surface area contributed by atoms with Crippen molar-refractivity contribution in [3.05, 3.63) is 0 Å². The monoisotopic (exact) mass is 155 g/mol. The highest BCUT2D eigenvalue weighted by atomic mass is 16.5. The van der Waals surface area contributed by atoms with Crippen LogP contribution in [-0.4, -0.2) is 25.3 Å². The smallest absolute Gasteiger partial charge is 0.0483 e. The fourth-order valence-electron chi connectivity index (χ4n) is 2.39. The Hall–Kier alpha value is -0.0800. The Morgan fingerprint density at radius 2 is 2.09 bits per heavy atom. The SMILES string of the molecule is CC1CCNC12CCOCC2. The summed E-state index contributed by atoms with van der Waals surface area (Å²) in [5.41, 5.74) is 0.457. The molecule has 1 N–H and O–H groups in total. The topological polar surface area (TPSA) is 21.3 Å². The molecule has 0 aliphatic carbocycles. The second-order valence-corrected chi connectivity index (χ2v) is 3.89. The highest BCUT2D eigenvalue weighted by Crippen LogP contribution is 2.34. The zero-order valence-electron chi connectivity index (χ0n) is 7.23. The van der Waals surface area contributed by atoms with Gasteiger partial charge in [0.05, 0.1) is 0 Å². The molecule has 2 aliphatic heterocycles. The second-order valence-electron chi connectivity index (χ2n) is 3.89. The first-order valence-corrected chi connectivity index (χ1v) is 4.66. The maximum absolute atomic E-state index is 5.36. The van der Waals surface area contributed by atoms with Crippen LogP contribution in [0.15, 0.2) is 0 Å². The van der Waals surface area contributed by atoms with Gasteiger partial charge in [-0.2, -0.15) is 0 Å². The molecule has 1 unspecified atom stereocenters. The van der Waals surface area contributed by atoms with Crippen LogP contribution in [0.5, 0.6) is 0 Å². The van der Waals surface area contributed by atoms with Gasteiger partial charge in [0.25, 0.3) is 0 Å². The van der Waals surface area contributed by atoms with E-state index in [1.807, 2.05) is 0 Å². The molecule has 2 heteroatoms. The highest BCUT2D eigenvalue weighted by Gasteiger charge is 2.40. The molecule has 2 nitrogen and oxygen atoms in total. The lowest BCUT2D eigenvalue weighted by atomic mass is 9.80. The van der Waals surface area contributed by atoms with Crippen molar-refractivity contribution in [2.75, 3.05) is 19.8 Å². The molecule has 0 radical (unpaired) electrons. The molecule has 0 bridgehead atoms. The molecule has 1 spiro atoms. The van der Waals surface area contributed by atoms with Gasteiger partial charge in [-0.3, -0.25) is 0 Å². The van der Waals surface area contributed by atoms with Gasteiger partial charge in [0.2, 0.25) is 0 Å². The van der Waals surface area contributed by atoms with E-state index in [1.54, 1.807) is 0 Å². The summed E-state index contributed by atoms with van der Waals surface area (Å²) in [7, 11) is 0. The van der Waals surface area contributed by atoms with Gasteiger partial charge in [0.15, 0.2) is 0 Å². The van der Waals surface area contributed by atoms with E-state index >= 15 is 0 Å². The molecule has 2 aliphatic rings. The van der Waals surface area contributed by atoms with Gasteiger partial charge >= 0.3 is 0 Å². The summed E-state index contributed by atoms with van der Waals surface area (Å²) in [5, 5.41) is 3.64. The van der Waals surface area contributed by atoms with E-state index in [9.17, 15) is 0 Å². The fourth-order valence-corrected chi connectivity index (χ4v) is 2.39. The molecule has 0 saturated carbocycles. The third-order valence-electron chi connectivity index (χ3n) is 3.38. The van der Waals surface area contributed by atoms with Crippen LogP contribution < -0.4 is 5.32 Å². The number of ether oxygens (including phenoxy) is 1. The molecule has 0 aromatic rings. The summed E-state index contributed by atoms with van der Waals surface area (Å²) < 4.78 is 5.36. The van der Waals surface area contributed by atoms with E-state index in [0.29, 0.717) is 5.54 Å². The van der Waals surface area contributed by atoms with Crippen LogP contribution in [0.4, 0.5) is 0 Å².